The molecule has 0 fully saturated rings. The first kappa shape index (κ1) is 20.6. The van der Waals surface area contributed by atoms with Gasteiger partial charge in [0.05, 0.1) is 42.2 Å². The third kappa shape index (κ3) is 4.44. The van der Waals surface area contributed by atoms with Crippen molar-refractivity contribution >= 4 is 34.2 Å². The van der Waals surface area contributed by atoms with E-state index in [1.807, 2.05) is 25.1 Å². The highest BCUT2D eigenvalue weighted by molar-refractivity contribution is 6.33. The molecule has 1 amide bonds. The predicted octanol–water partition coefficient (Wildman–Crippen LogP) is 5.53. The fraction of sp³-hybridized carbons (Fsp3) is 0.125. The number of halogens is 1. The lowest BCUT2D eigenvalue weighted by atomic mass is 10.1. The molecule has 31 heavy (non-hydrogen) atoms. The summed E-state index contributed by atoms with van der Waals surface area (Å²) in [5.74, 6) is 0.761. The Morgan fingerprint density at radius 1 is 0.935 bits per heavy atom. The number of aryl methyl sites for hydroxylation is 1. The predicted molar refractivity (Wildman–Crippen MR) is 122 cm³/mol. The molecule has 0 bridgehead atoms. The number of nitrogens with zero attached hydrogens (tertiary/aromatic N) is 2. The molecule has 4 aromatic rings. The van der Waals surface area contributed by atoms with E-state index in [1.54, 1.807) is 42.6 Å². The fourth-order valence-corrected chi connectivity index (χ4v) is 3.41. The average molecular weight is 434 g/mol. The summed E-state index contributed by atoms with van der Waals surface area (Å²) in [4.78, 5) is 22.0. The molecule has 1 aromatic heterocycles. The van der Waals surface area contributed by atoms with Gasteiger partial charge in [0.25, 0.3) is 5.91 Å². The highest BCUT2D eigenvalue weighted by Crippen LogP contribution is 2.31. The van der Waals surface area contributed by atoms with Crippen molar-refractivity contribution in [2.75, 3.05) is 19.5 Å². The number of amides is 1. The van der Waals surface area contributed by atoms with Crippen molar-refractivity contribution in [1.82, 2.24) is 9.97 Å². The van der Waals surface area contributed by atoms with E-state index in [9.17, 15) is 4.79 Å². The van der Waals surface area contributed by atoms with Gasteiger partial charge in [-0.25, -0.2) is 4.98 Å². The summed E-state index contributed by atoms with van der Waals surface area (Å²) in [6.07, 6.45) is 1.68. The second kappa shape index (κ2) is 8.62. The Morgan fingerprint density at radius 2 is 1.68 bits per heavy atom. The fourth-order valence-electron chi connectivity index (χ4n) is 3.19. The minimum absolute atomic E-state index is 0.300. The number of hydrogen-bond acceptors (Lipinski definition) is 5. The molecule has 0 aliphatic heterocycles. The molecule has 1 N–H and O–H groups in total. The molecule has 0 unspecified atom stereocenters. The van der Waals surface area contributed by atoms with Gasteiger partial charge in [-0.05, 0) is 55.0 Å². The maximum Gasteiger partial charge on any atom is 0.255 e. The highest BCUT2D eigenvalue weighted by Gasteiger charge is 2.13. The van der Waals surface area contributed by atoms with E-state index in [4.69, 9.17) is 21.1 Å². The van der Waals surface area contributed by atoms with Gasteiger partial charge in [-0.15, -0.1) is 0 Å². The first-order valence-electron chi connectivity index (χ1n) is 9.54. The molecule has 0 atom stereocenters. The van der Waals surface area contributed by atoms with E-state index in [0.29, 0.717) is 39.0 Å². The van der Waals surface area contributed by atoms with E-state index in [-0.39, 0.29) is 5.91 Å². The minimum atomic E-state index is -0.300. The summed E-state index contributed by atoms with van der Waals surface area (Å²) in [5, 5.41) is 3.40. The van der Waals surface area contributed by atoms with Crippen molar-refractivity contribution in [1.29, 1.82) is 0 Å². The third-order valence-corrected chi connectivity index (χ3v) is 5.14. The van der Waals surface area contributed by atoms with Crippen molar-refractivity contribution < 1.29 is 14.3 Å². The summed E-state index contributed by atoms with van der Waals surface area (Å²) in [7, 11) is 3.07. The van der Waals surface area contributed by atoms with E-state index >= 15 is 0 Å². The van der Waals surface area contributed by atoms with Crippen LogP contribution in [0.1, 0.15) is 15.9 Å². The van der Waals surface area contributed by atoms with Crippen molar-refractivity contribution in [3.05, 3.63) is 76.9 Å². The largest absolute Gasteiger partial charge is 0.497 e. The number of aromatic nitrogens is 2. The van der Waals surface area contributed by atoms with E-state index in [0.717, 1.165) is 16.6 Å². The first-order valence-corrected chi connectivity index (χ1v) is 9.92. The lowest BCUT2D eigenvalue weighted by Gasteiger charge is -2.11. The van der Waals surface area contributed by atoms with Crippen LogP contribution in [-0.2, 0) is 0 Å². The van der Waals surface area contributed by atoms with Crippen molar-refractivity contribution in [3.8, 4) is 22.8 Å². The molecule has 7 heteroatoms. The number of hydrogen-bond donors (Lipinski definition) is 1. The Bertz CT molecular complexity index is 1270. The Morgan fingerprint density at radius 3 is 2.39 bits per heavy atom. The molecule has 0 saturated heterocycles. The molecule has 0 aliphatic carbocycles. The van der Waals surface area contributed by atoms with Gasteiger partial charge >= 0.3 is 0 Å². The molecule has 3 aromatic carbocycles. The number of benzene rings is 3. The van der Waals surface area contributed by atoms with Crippen LogP contribution in [0.15, 0.2) is 60.8 Å². The molecule has 0 aliphatic rings. The normalized spacial score (nSPS) is 10.7. The SMILES string of the molecule is COc1cc(OC)cc(C(=O)Nc2ccc(Cl)c(-c3cnc4cc(C)ccc4n3)c2)c1. The molecule has 156 valence electrons. The van der Waals surface area contributed by atoms with Crippen LogP contribution in [-0.4, -0.2) is 30.1 Å². The summed E-state index contributed by atoms with van der Waals surface area (Å²) in [5.41, 5.74) is 5.00. The van der Waals surface area contributed by atoms with Gasteiger partial charge in [0.15, 0.2) is 0 Å². The van der Waals surface area contributed by atoms with Gasteiger partial charge < -0.3 is 14.8 Å². The summed E-state index contributed by atoms with van der Waals surface area (Å²) >= 11 is 6.43. The van der Waals surface area contributed by atoms with E-state index < -0.39 is 0 Å². The maximum atomic E-state index is 12.8. The van der Waals surface area contributed by atoms with E-state index in [2.05, 4.69) is 15.3 Å². The standard InChI is InChI=1S/C24H20ClN3O3/c1-14-4-7-21-22(8-14)26-13-23(28-21)19-11-16(5-6-20(19)25)27-24(29)15-9-17(30-2)12-18(10-15)31-3/h4-13H,1-3H3,(H,27,29). The van der Waals surface area contributed by atoms with Crippen LogP contribution in [0.5, 0.6) is 11.5 Å². The Hall–Kier alpha value is -3.64. The van der Waals surface area contributed by atoms with Crippen LogP contribution >= 0.6 is 11.6 Å². The second-order valence-electron chi connectivity index (χ2n) is 7.00. The summed E-state index contributed by atoms with van der Waals surface area (Å²) in [6, 6.07) is 16.1. The molecular weight excluding hydrogens is 414 g/mol. The third-order valence-electron chi connectivity index (χ3n) is 4.81. The topological polar surface area (TPSA) is 73.3 Å². The van der Waals surface area contributed by atoms with Crippen LogP contribution in [0.25, 0.3) is 22.3 Å². The quantitative estimate of drug-likeness (QED) is 0.448. The van der Waals surface area contributed by atoms with Crippen molar-refractivity contribution in [2.45, 2.75) is 6.92 Å². The monoisotopic (exact) mass is 433 g/mol. The molecule has 6 nitrogen and oxygen atoms in total. The lowest BCUT2D eigenvalue weighted by Crippen LogP contribution is -2.12. The van der Waals surface area contributed by atoms with Crippen LogP contribution in [0.3, 0.4) is 0 Å². The lowest BCUT2D eigenvalue weighted by molar-refractivity contribution is 0.102. The van der Waals surface area contributed by atoms with Gasteiger partial charge in [-0.2, -0.15) is 0 Å². The van der Waals surface area contributed by atoms with Gasteiger partial charge in [0, 0.05) is 22.9 Å². The molecular formula is C24H20ClN3O3. The average Bonchev–Trinajstić information content (AvgIpc) is 2.79. The summed E-state index contributed by atoms with van der Waals surface area (Å²) in [6.45, 7) is 2.01. The van der Waals surface area contributed by atoms with Gasteiger partial charge in [0.1, 0.15) is 11.5 Å². The number of ether oxygens (including phenoxy) is 2. The Balaban J connectivity index is 1.65. The number of carbonyl (C=O) groups is 1. The zero-order chi connectivity index (χ0) is 22.0. The number of rotatable bonds is 5. The van der Waals surface area contributed by atoms with Gasteiger partial charge in [-0.3, -0.25) is 9.78 Å². The molecule has 0 radical (unpaired) electrons. The van der Waals surface area contributed by atoms with Crippen LogP contribution in [0.4, 0.5) is 5.69 Å². The van der Waals surface area contributed by atoms with Crippen LogP contribution in [0, 0.1) is 6.92 Å². The maximum absolute atomic E-state index is 12.8. The Kier molecular flexibility index (Phi) is 5.73. The first-order chi connectivity index (χ1) is 15.0. The van der Waals surface area contributed by atoms with Crippen molar-refractivity contribution in [3.63, 3.8) is 0 Å². The van der Waals surface area contributed by atoms with Crippen LogP contribution in [0.2, 0.25) is 5.02 Å². The molecule has 0 spiro atoms. The number of fused-ring (bicyclic) bond motifs is 1. The van der Waals surface area contributed by atoms with E-state index in [1.165, 1.54) is 14.2 Å². The summed E-state index contributed by atoms with van der Waals surface area (Å²) < 4.78 is 10.5. The molecule has 1 heterocycles. The van der Waals surface area contributed by atoms with Crippen molar-refractivity contribution in [2.24, 2.45) is 0 Å². The van der Waals surface area contributed by atoms with Crippen LogP contribution < -0.4 is 14.8 Å². The number of carbonyl (C=O) groups excluding carboxylic acids is 1. The molecule has 4 rings (SSSR count). The minimum Gasteiger partial charge on any atom is -0.497 e. The second-order valence-corrected chi connectivity index (χ2v) is 7.40. The van der Waals surface area contributed by atoms with Gasteiger partial charge in [-0.1, -0.05) is 17.7 Å². The van der Waals surface area contributed by atoms with Gasteiger partial charge in [0.2, 0.25) is 0 Å². The smallest absolute Gasteiger partial charge is 0.255 e. The number of nitrogens with one attached hydrogen (secondary N) is 1. The molecule has 0 saturated carbocycles. The zero-order valence-corrected chi connectivity index (χ0v) is 18.0. The zero-order valence-electron chi connectivity index (χ0n) is 17.3. The highest BCUT2D eigenvalue weighted by atomic mass is 35.5. The number of anilines is 1. The number of methoxy groups -OCH3 is 2. The Labute approximate surface area is 184 Å².